The van der Waals surface area contributed by atoms with Crippen LogP contribution < -0.4 is 10.6 Å². The molecular weight excluding hydrogens is 314 g/mol. The van der Waals surface area contributed by atoms with E-state index in [4.69, 9.17) is 16.1 Å². The second kappa shape index (κ2) is 6.54. The molecule has 0 fully saturated rings. The van der Waals surface area contributed by atoms with Crippen molar-refractivity contribution >= 4 is 34.8 Å². The van der Waals surface area contributed by atoms with Crippen molar-refractivity contribution in [2.45, 2.75) is 6.92 Å². The first kappa shape index (κ1) is 15.1. The molecule has 0 radical (unpaired) electrons. The van der Waals surface area contributed by atoms with Crippen LogP contribution in [0.4, 0.5) is 17.3 Å². The van der Waals surface area contributed by atoms with Gasteiger partial charge in [-0.25, -0.2) is 0 Å². The number of halogens is 1. The van der Waals surface area contributed by atoms with Crippen LogP contribution in [0.25, 0.3) is 0 Å². The lowest BCUT2D eigenvalue weighted by Crippen LogP contribution is -2.13. The number of amides is 1. The maximum Gasteiger partial charge on any atom is 0.260 e. The predicted molar refractivity (Wildman–Crippen MR) is 90.4 cm³/mol. The molecule has 0 unspecified atom stereocenters. The van der Waals surface area contributed by atoms with Gasteiger partial charge in [-0.3, -0.25) is 10.1 Å². The van der Waals surface area contributed by atoms with Crippen molar-refractivity contribution in [3.05, 3.63) is 70.9 Å². The third kappa shape index (κ3) is 3.35. The van der Waals surface area contributed by atoms with Gasteiger partial charge < -0.3 is 9.84 Å². The largest absolute Gasteiger partial charge is 0.355 e. The molecule has 6 heteroatoms. The highest BCUT2D eigenvalue weighted by molar-refractivity contribution is 6.31. The van der Waals surface area contributed by atoms with Gasteiger partial charge in [-0.2, -0.15) is 0 Å². The Balaban J connectivity index is 1.88. The lowest BCUT2D eigenvalue weighted by molar-refractivity contribution is 0.102. The van der Waals surface area contributed by atoms with Crippen molar-refractivity contribution in [1.29, 1.82) is 0 Å². The fourth-order valence-corrected chi connectivity index (χ4v) is 2.31. The Morgan fingerprint density at radius 3 is 2.65 bits per heavy atom. The number of carbonyl (C=O) groups is 1. The number of para-hydroxylation sites is 1. The third-order valence-corrected chi connectivity index (χ3v) is 3.79. The molecule has 0 saturated heterocycles. The number of aromatic nitrogens is 1. The highest BCUT2D eigenvalue weighted by Crippen LogP contribution is 2.28. The van der Waals surface area contributed by atoms with Crippen molar-refractivity contribution in [3.8, 4) is 0 Å². The van der Waals surface area contributed by atoms with Crippen LogP contribution in [-0.2, 0) is 0 Å². The topological polar surface area (TPSA) is 67.2 Å². The Morgan fingerprint density at radius 2 is 1.87 bits per heavy atom. The standard InChI is InChI=1S/C17H14ClN3O2/c1-11-13(18)6-4-8-14(11)20-15-7-3-2-5-12(15)17(22)21-16-9-10-19-23-16/h2-10,20H,1H3,(H,21,22). The van der Waals surface area contributed by atoms with E-state index in [-0.39, 0.29) is 5.91 Å². The zero-order chi connectivity index (χ0) is 16.2. The van der Waals surface area contributed by atoms with Crippen LogP contribution in [0.3, 0.4) is 0 Å². The molecule has 1 heterocycles. The number of carbonyl (C=O) groups excluding carboxylic acids is 1. The third-order valence-electron chi connectivity index (χ3n) is 3.38. The number of nitrogens with one attached hydrogen (secondary N) is 2. The second-order valence-corrected chi connectivity index (χ2v) is 5.32. The molecule has 0 atom stereocenters. The molecule has 0 spiro atoms. The van der Waals surface area contributed by atoms with Crippen LogP contribution in [0.15, 0.2) is 59.3 Å². The Morgan fingerprint density at radius 1 is 1.09 bits per heavy atom. The van der Waals surface area contributed by atoms with Crippen LogP contribution in [0, 0.1) is 6.92 Å². The molecule has 23 heavy (non-hydrogen) atoms. The summed E-state index contributed by atoms with van der Waals surface area (Å²) in [4.78, 5) is 12.4. The lowest BCUT2D eigenvalue weighted by Gasteiger charge is -2.14. The number of anilines is 3. The van der Waals surface area contributed by atoms with Crippen molar-refractivity contribution in [3.63, 3.8) is 0 Å². The van der Waals surface area contributed by atoms with E-state index in [0.29, 0.717) is 22.2 Å². The highest BCUT2D eigenvalue weighted by Gasteiger charge is 2.13. The first-order valence-electron chi connectivity index (χ1n) is 6.98. The highest BCUT2D eigenvalue weighted by atomic mass is 35.5. The average Bonchev–Trinajstić information content (AvgIpc) is 3.05. The molecular formula is C17H14ClN3O2. The number of rotatable bonds is 4. The van der Waals surface area contributed by atoms with Crippen molar-refractivity contribution in [2.75, 3.05) is 10.6 Å². The average molecular weight is 328 g/mol. The molecule has 1 amide bonds. The van der Waals surface area contributed by atoms with E-state index in [1.54, 1.807) is 18.2 Å². The zero-order valence-electron chi connectivity index (χ0n) is 12.3. The first-order chi connectivity index (χ1) is 11.1. The van der Waals surface area contributed by atoms with Gasteiger partial charge in [-0.1, -0.05) is 35.0 Å². The molecule has 3 aromatic rings. The fourth-order valence-electron chi connectivity index (χ4n) is 2.14. The minimum Gasteiger partial charge on any atom is -0.355 e. The lowest BCUT2D eigenvalue weighted by atomic mass is 10.1. The van der Waals surface area contributed by atoms with Crippen LogP contribution in [0.5, 0.6) is 0 Å². The van der Waals surface area contributed by atoms with E-state index in [2.05, 4.69) is 15.8 Å². The quantitative estimate of drug-likeness (QED) is 0.733. The smallest absolute Gasteiger partial charge is 0.260 e. The van der Waals surface area contributed by atoms with E-state index < -0.39 is 0 Å². The summed E-state index contributed by atoms with van der Waals surface area (Å²) < 4.78 is 4.90. The van der Waals surface area contributed by atoms with Crippen LogP contribution >= 0.6 is 11.6 Å². The Kier molecular flexibility index (Phi) is 4.30. The van der Waals surface area contributed by atoms with Crippen LogP contribution in [0.2, 0.25) is 5.02 Å². The van der Waals surface area contributed by atoms with Crippen molar-refractivity contribution < 1.29 is 9.32 Å². The van der Waals surface area contributed by atoms with Crippen LogP contribution in [-0.4, -0.2) is 11.1 Å². The minimum atomic E-state index is -0.287. The summed E-state index contributed by atoms with van der Waals surface area (Å²) in [7, 11) is 0. The summed E-state index contributed by atoms with van der Waals surface area (Å²) in [5, 5.41) is 10.1. The molecule has 3 rings (SSSR count). The second-order valence-electron chi connectivity index (χ2n) is 4.91. The Bertz CT molecular complexity index is 832. The van der Waals surface area contributed by atoms with Crippen molar-refractivity contribution in [1.82, 2.24) is 5.16 Å². The molecule has 116 valence electrons. The molecule has 2 aromatic carbocycles. The fraction of sp³-hybridized carbons (Fsp3) is 0.0588. The SMILES string of the molecule is Cc1c(Cl)cccc1Nc1ccccc1C(=O)Nc1ccno1. The number of hydrogen-bond donors (Lipinski definition) is 2. The summed E-state index contributed by atoms with van der Waals surface area (Å²) in [6, 6.07) is 14.4. The molecule has 1 aromatic heterocycles. The molecule has 0 aliphatic heterocycles. The molecule has 2 N–H and O–H groups in total. The van der Waals surface area contributed by atoms with E-state index >= 15 is 0 Å². The maximum atomic E-state index is 12.4. The van der Waals surface area contributed by atoms with Gasteiger partial charge in [0.25, 0.3) is 5.91 Å². The van der Waals surface area contributed by atoms with E-state index in [1.165, 1.54) is 6.20 Å². The van der Waals surface area contributed by atoms with Gasteiger partial charge in [0.05, 0.1) is 17.4 Å². The van der Waals surface area contributed by atoms with E-state index in [1.807, 2.05) is 37.3 Å². The van der Waals surface area contributed by atoms with Gasteiger partial charge in [0.15, 0.2) is 0 Å². The molecule has 0 saturated carbocycles. The van der Waals surface area contributed by atoms with Crippen molar-refractivity contribution in [2.24, 2.45) is 0 Å². The number of nitrogens with zero attached hydrogens (tertiary/aromatic N) is 1. The van der Waals surface area contributed by atoms with E-state index in [0.717, 1.165) is 11.3 Å². The summed E-state index contributed by atoms with van der Waals surface area (Å²) in [6.07, 6.45) is 1.47. The Hall–Kier alpha value is -2.79. The van der Waals surface area contributed by atoms with E-state index in [9.17, 15) is 4.79 Å². The van der Waals surface area contributed by atoms with Gasteiger partial charge >= 0.3 is 0 Å². The molecule has 0 aliphatic carbocycles. The first-order valence-corrected chi connectivity index (χ1v) is 7.36. The number of benzene rings is 2. The monoisotopic (exact) mass is 327 g/mol. The minimum absolute atomic E-state index is 0.287. The van der Waals surface area contributed by atoms with Gasteiger partial charge in [0.2, 0.25) is 5.88 Å². The maximum absolute atomic E-state index is 12.4. The Labute approximate surface area is 138 Å². The van der Waals surface area contributed by atoms with Gasteiger partial charge in [-0.15, -0.1) is 0 Å². The molecule has 0 bridgehead atoms. The van der Waals surface area contributed by atoms with Gasteiger partial charge in [-0.05, 0) is 36.8 Å². The summed E-state index contributed by atoms with van der Waals surface area (Å²) >= 11 is 6.14. The summed E-state index contributed by atoms with van der Waals surface area (Å²) in [5.74, 6) is 0.00766. The molecule has 0 aliphatic rings. The number of hydrogen-bond acceptors (Lipinski definition) is 4. The van der Waals surface area contributed by atoms with Crippen LogP contribution in [0.1, 0.15) is 15.9 Å². The summed E-state index contributed by atoms with van der Waals surface area (Å²) in [6.45, 7) is 1.92. The van der Waals surface area contributed by atoms with Gasteiger partial charge in [0, 0.05) is 16.8 Å². The molecule has 5 nitrogen and oxygen atoms in total. The summed E-state index contributed by atoms with van der Waals surface area (Å²) in [5.41, 5.74) is 2.93. The normalized spacial score (nSPS) is 10.3. The predicted octanol–water partition coefficient (Wildman–Crippen LogP) is 4.63. The van der Waals surface area contributed by atoms with Gasteiger partial charge in [0.1, 0.15) is 0 Å². The zero-order valence-corrected chi connectivity index (χ0v) is 13.1.